The van der Waals surface area contributed by atoms with Gasteiger partial charge < -0.3 is 5.32 Å². The number of hydrogen-bond donors (Lipinski definition) is 2. The average Bonchev–Trinajstić information content (AvgIpc) is 2.58. The van der Waals surface area contributed by atoms with Crippen LogP contribution in [0.15, 0.2) is 47.4 Å². The summed E-state index contributed by atoms with van der Waals surface area (Å²) in [7, 11) is -3.64. The number of nitrogens with one attached hydrogen (secondary N) is 2. The third-order valence-corrected chi connectivity index (χ3v) is 5.09. The fourth-order valence-electron chi connectivity index (χ4n) is 2.13. The second kappa shape index (κ2) is 8.37. The molecule has 0 radical (unpaired) electrons. The quantitative estimate of drug-likeness (QED) is 0.769. The fraction of sp³-hybridized carbons (Fsp3) is 0.278. The van der Waals surface area contributed by atoms with E-state index >= 15 is 0 Å². The monoisotopic (exact) mass is 382 g/mol. The third-order valence-electron chi connectivity index (χ3n) is 3.62. The Morgan fingerprint density at radius 2 is 1.69 bits per heavy atom. The number of benzene rings is 2. The van der Waals surface area contributed by atoms with Crippen molar-refractivity contribution in [3.8, 4) is 0 Å². The van der Waals surface area contributed by atoms with Crippen molar-refractivity contribution in [2.45, 2.75) is 25.2 Å². The first-order chi connectivity index (χ1) is 12.2. The molecule has 0 saturated heterocycles. The molecule has 5 nitrogen and oxygen atoms in total. The molecule has 8 heteroatoms. The Bertz CT molecular complexity index is 882. The van der Waals surface area contributed by atoms with Gasteiger partial charge in [-0.15, -0.1) is 0 Å². The molecule has 26 heavy (non-hydrogen) atoms. The zero-order chi connectivity index (χ0) is 19.3. The van der Waals surface area contributed by atoms with Crippen LogP contribution in [-0.2, 0) is 10.0 Å². The fourth-order valence-corrected chi connectivity index (χ4v) is 3.18. The Morgan fingerprint density at radius 1 is 1.04 bits per heavy atom. The molecule has 0 aromatic heterocycles. The molecule has 0 atom stereocenters. The maximum absolute atomic E-state index is 13.2. The SMILES string of the molecule is CC(C)CCNS(=O)(=O)c1ccc(C(=O)Nc2ccc(F)c(F)c2)cc1. The zero-order valence-electron chi connectivity index (χ0n) is 14.4. The van der Waals surface area contributed by atoms with E-state index in [1.165, 1.54) is 30.3 Å². The van der Waals surface area contributed by atoms with Crippen molar-refractivity contribution in [3.63, 3.8) is 0 Å². The predicted octanol–water partition coefficient (Wildman–Crippen LogP) is 3.54. The highest BCUT2D eigenvalue weighted by Gasteiger charge is 2.15. The average molecular weight is 382 g/mol. The molecular weight excluding hydrogens is 362 g/mol. The molecule has 2 aromatic rings. The van der Waals surface area contributed by atoms with E-state index in [4.69, 9.17) is 0 Å². The number of hydrogen-bond acceptors (Lipinski definition) is 3. The number of sulfonamides is 1. The predicted molar refractivity (Wildman–Crippen MR) is 95.4 cm³/mol. The van der Waals surface area contributed by atoms with Gasteiger partial charge in [-0.3, -0.25) is 4.79 Å². The molecule has 0 heterocycles. The summed E-state index contributed by atoms with van der Waals surface area (Å²) in [5.41, 5.74) is 0.289. The van der Waals surface area contributed by atoms with Gasteiger partial charge >= 0.3 is 0 Å². The van der Waals surface area contributed by atoms with Gasteiger partial charge in [-0.2, -0.15) is 0 Å². The maximum atomic E-state index is 13.2. The summed E-state index contributed by atoms with van der Waals surface area (Å²) >= 11 is 0. The van der Waals surface area contributed by atoms with Gasteiger partial charge in [0.1, 0.15) is 0 Å². The van der Waals surface area contributed by atoms with Crippen molar-refractivity contribution in [1.82, 2.24) is 4.72 Å². The van der Waals surface area contributed by atoms with Crippen LogP contribution in [-0.4, -0.2) is 20.9 Å². The molecule has 0 fully saturated rings. The first-order valence-electron chi connectivity index (χ1n) is 8.05. The lowest BCUT2D eigenvalue weighted by Crippen LogP contribution is -2.25. The third kappa shape index (κ3) is 5.34. The van der Waals surface area contributed by atoms with Gasteiger partial charge in [0, 0.05) is 23.9 Å². The molecule has 0 unspecified atom stereocenters. The summed E-state index contributed by atoms with van der Waals surface area (Å²) < 4.78 is 52.9. The summed E-state index contributed by atoms with van der Waals surface area (Å²) in [6, 6.07) is 8.34. The van der Waals surface area contributed by atoms with Gasteiger partial charge in [0.25, 0.3) is 5.91 Å². The summed E-state index contributed by atoms with van der Waals surface area (Å²) in [6.45, 7) is 4.32. The van der Waals surface area contributed by atoms with E-state index in [0.29, 0.717) is 18.9 Å². The molecule has 0 aliphatic rings. The Morgan fingerprint density at radius 3 is 2.27 bits per heavy atom. The van der Waals surface area contributed by atoms with Crippen LogP contribution in [0.1, 0.15) is 30.6 Å². The van der Waals surface area contributed by atoms with Gasteiger partial charge in [-0.1, -0.05) is 13.8 Å². The molecule has 0 bridgehead atoms. The summed E-state index contributed by atoms with van der Waals surface area (Å²) in [5.74, 6) is -2.27. The van der Waals surface area contributed by atoms with Crippen LogP contribution >= 0.6 is 0 Å². The molecule has 0 saturated carbocycles. The molecule has 0 spiro atoms. The zero-order valence-corrected chi connectivity index (χ0v) is 15.2. The highest BCUT2D eigenvalue weighted by Crippen LogP contribution is 2.16. The highest BCUT2D eigenvalue weighted by atomic mass is 32.2. The Kier molecular flexibility index (Phi) is 6.44. The van der Waals surface area contributed by atoms with Crippen molar-refractivity contribution in [3.05, 3.63) is 59.7 Å². The van der Waals surface area contributed by atoms with Gasteiger partial charge in [-0.05, 0) is 48.7 Å². The number of halogens is 2. The minimum absolute atomic E-state index is 0.0469. The molecular formula is C18H20F2N2O3S. The van der Waals surface area contributed by atoms with Gasteiger partial charge in [0.2, 0.25) is 10.0 Å². The van der Waals surface area contributed by atoms with Crippen molar-refractivity contribution in [2.75, 3.05) is 11.9 Å². The number of rotatable bonds is 7. The second-order valence-corrected chi connectivity index (χ2v) is 7.95. The molecule has 140 valence electrons. The van der Waals surface area contributed by atoms with E-state index in [-0.39, 0.29) is 16.1 Å². The van der Waals surface area contributed by atoms with E-state index in [9.17, 15) is 22.0 Å². The topological polar surface area (TPSA) is 75.3 Å². The van der Waals surface area contributed by atoms with Crippen LogP contribution in [0.3, 0.4) is 0 Å². The van der Waals surface area contributed by atoms with Gasteiger partial charge in [0.15, 0.2) is 11.6 Å². The number of carbonyl (C=O) groups excluding carboxylic acids is 1. The van der Waals surface area contributed by atoms with Crippen molar-refractivity contribution < 1.29 is 22.0 Å². The van der Waals surface area contributed by atoms with Crippen LogP contribution in [0, 0.1) is 17.6 Å². The van der Waals surface area contributed by atoms with Gasteiger partial charge in [-0.25, -0.2) is 21.9 Å². The smallest absolute Gasteiger partial charge is 0.255 e. The largest absolute Gasteiger partial charge is 0.322 e. The lowest BCUT2D eigenvalue weighted by atomic mass is 10.1. The van der Waals surface area contributed by atoms with Crippen molar-refractivity contribution in [1.29, 1.82) is 0 Å². The molecule has 2 aromatic carbocycles. The Labute approximate surface area is 151 Å². The molecule has 0 aliphatic carbocycles. The van der Waals surface area contributed by atoms with E-state index in [1.807, 2.05) is 13.8 Å². The molecule has 2 N–H and O–H groups in total. The Balaban J connectivity index is 2.05. The number of carbonyl (C=O) groups is 1. The normalized spacial score (nSPS) is 11.6. The molecule has 1 amide bonds. The lowest BCUT2D eigenvalue weighted by Gasteiger charge is -2.09. The summed E-state index contributed by atoms with van der Waals surface area (Å²) in [6.07, 6.45) is 0.716. The van der Waals surface area contributed by atoms with Crippen LogP contribution in [0.2, 0.25) is 0 Å². The highest BCUT2D eigenvalue weighted by molar-refractivity contribution is 7.89. The van der Waals surface area contributed by atoms with E-state index < -0.39 is 27.6 Å². The summed E-state index contributed by atoms with van der Waals surface area (Å²) in [5, 5.41) is 2.42. The van der Waals surface area contributed by atoms with Crippen LogP contribution in [0.25, 0.3) is 0 Å². The Hall–Kier alpha value is -2.32. The summed E-state index contributed by atoms with van der Waals surface area (Å²) in [4.78, 5) is 12.2. The van der Waals surface area contributed by atoms with E-state index in [1.54, 1.807) is 0 Å². The standard InChI is InChI=1S/C18H20F2N2O3S/c1-12(2)9-10-21-26(24,25)15-6-3-13(4-7-15)18(23)22-14-5-8-16(19)17(20)11-14/h3-8,11-12,21H,9-10H2,1-2H3,(H,22,23). The minimum Gasteiger partial charge on any atom is -0.322 e. The van der Waals surface area contributed by atoms with Crippen LogP contribution in [0.4, 0.5) is 14.5 Å². The maximum Gasteiger partial charge on any atom is 0.255 e. The molecule has 2 rings (SSSR count). The lowest BCUT2D eigenvalue weighted by molar-refractivity contribution is 0.102. The molecule has 0 aliphatic heterocycles. The van der Waals surface area contributed by atoms with Crippen LogP contribution in [0.5, 0.6) is 0 Å². The van der Waals surface area contributed by atoms with E-state index in [0.717, 1.165) is 12.1 Å². The second-order valence-electron chi connectivity index (χ2n) is 6.19. The first-order valence-corrected chi connectivity index (χ1v) is 9.53. The van der Waals surface area contributed by atoms with Crippen molar-refractivity contribution >= 4 is 21.6 Å². The van der Waals surface area contributed by atoms with Gasteiger partial charge in [0.05, 0.1) is 4.90 Å². The van der Waals surface area contributed by atoms with E-state index in [2.05, 4.69) is 10.0 Å². The number of amides is 1. The van der Waals surface area contributed by atoms with Crippen LogP contribution < -0.4 is 10.0 Å². The number of anilines is 1. The minimum atomic E-state index is -3.64. The first kappa shape index (κ1) is 20.0. The van der Waals surface area contributed by atoms with Crippen molar-refractivity contribution in [2.24, 2.45) is 5.92 Å².